The topological polar surface area (TPSA) is 70.6 Å². The Morgan fingerprint density at radius 2 is 2.06 bits per heavy atom. The second-order valence-electron chi connectivity index (χ2n) is 4.02. The predicted molar refractivity (Wildman–Crippen MR) is 69.5 cm³/mol. The summed E-state index contributed by atoms with van der Waals surface area (Å²) in [7, 11) is 1.58. The van der Waals surface area contributed by atoms with Crippen LogP contribution in [0.5, 0.6) is 5.75 Å². The molecule has 0 fully saturated rings. The summed E-state index contributed by atoms with van der Waals surface area (Å²) in [4.78, 5) is 11.2. The monoisotopic (exact) mass is 252 g/mol. The number of hydrogen-bond acceptors (Lipinski definition) is 4. The number of nitrogens with one attached hydrogen (secondary N) is 2. The summed E-state index contributed by atoms with van der Waals surface area (Å²) < 4.78 is 5.40. The summed E-state index contributed by atoms with van der Waals surface area (Å²) in [6.07, 6.45) is -0.655. The third-order valence-electron chi connectivity index (χ3n) is 2.48. The van der Waals surface area contributed by atoms with E-state index in [9.17, 15) is 9.90 Å². The van der Waals surface area contributed by atoms with Gasteiger partial charge in [0, 0.05) is 13.6 Å². The van der Waals surface area contributed by atoms with Gasteiger partial charge in [-0.15, -0.1) is 0 Å². The van der Waals surface area contributed by atoms with Gasteiger partial charge >= 0.3 is 0 Å². The van der Waals surface area contributed by atoms with E-state index < -0.39 is 6.10 Å². The molecule has 0 aliphatic heterocycles. The van der Waals surface area contributed by atoms with Crippen LogP contribution in [0.25, 0.3) is 0 Å². The highest BCUT2D eigenvalue weighted by Gasteiger charge is 2.12. The maximum absolute atomic E-state index is 11.2. The number of aliphatic hydroxyl groups excluding tert-OH is 1. The molecule has 0 aromatic heterocycles. The Kier molecular flexibility index (Phi) is 6.18. The number of aliphatic hydroxyl groups is 1. The van der Waals surface area contributed by atoms with Crippen molar-refractivity contribution in [2.24, 2.45) is 0 Å². The minimum absolute atomic E-state index is 0.105. The molecule has 0 saturated carbocycles. The van der Waals surface area contributed by atoms with Crippen molar-refractivity contribution in [1.29, 1.82) is 0 Å². The van der Waals surface area contributed by atoms with E-state index in [-0.39, 0.29) is 18.6 Å². The molecule has 5 heteroatoms. The number of benzene rings is 1. The normalized spacial score (nSPS) is 13.7. The zero-order valence-corrected chi connectivity index (χ0v) is 10.7. The van der Waals surface area contributed by atoms with Crippen molar-refractivity contribution < 1.29 is 14.6 Å². The maximum Gasteiger partial charge on any atom is 0.236 e. The van der Waals surface area contributed by atoms with E-state index in [2.05, 4.69) is 10.6 Å². The Labute approximate surface area is 107 Å². The number of likely N-dealkylation sites (N-methyl/N-ethyl adjacent to an activating group) is 1. The predicted octanol–water partition coefficient (Wildman–Crippen LogP) is 0.150. The third kappa shape index (κ3) is 5.16. The van der Waals surface area contributed by atoms with Crippen LogP contribution in [0, 0.1) is 0 Å². The Hall–Kier alpha value is -1.59. The van der Waals surface area contributed by atoms with Gasteiger partial charge in [0.2, 0.25) is 5.91 Å². The fraction of sp³-hybridized carbons (Fsp3) is 0.462. The van der Waals surface area contributed by atoms with Crippen molar-refractivity contribution in [2.75, 3.05) is 20.2 Å². The van der Waals surface area contributed by atoms with Gasteiger partial charge in [-0.3, -0.25) is 4.79 Å². The minimum Gasteiger partial charge on any atom is -0.491 e. The standard InChI is InChI=1S/C13H20N2O3/c1-10(13(17)14-2)15-8-11(16)9-18-12-6-4-3-5-7-12/h3-7,10-11,15-16H,8-9H2,1-2H3,(H,14,17). The number of carbonyl (C=O) groups excluding carboxylic acids is 1. The third-order valence-corrected chi connectivity index (χ3v) is 2.48. The Balaban J connectivity index is 2.22. The van der Waals surface area contributed by atoms with Crippen molar-refractivity contribution in [3.63, 3.8) is 0 Å². The largest absolute Gasteiger partial charge is 0.491 e. The molecule has 3 N–H and O–H groups in total. The van der Waals surface area contributed by atoms with Crippen molar-refractivity contribution in [3.05, 3.63) is 30.3 Å². The first-order valence-corrected chi connectivity index (χ1v) is 5.94. The first kappa shape index (κ1) is 14.5. The van der Waals surface area contributed by atoms with Crippen molar-refractivity contribution in [3.8, 4) is 5.75 Å². The molecule has 0 spiro atoms. The van der Waals surface area contributed by atoms with E-state index in [0.717, 1.165) is 5.75 Å². The number of ether oxygens (including phenoxy) is 1. The summed E-state index contributed by atoms with van der Waals surface area (Å²) in [5.41, 5.74) is 0. The van der Waals surface area contributed by atoms with Gasteiger partial charge in [0.1, 0.15) is 18.5 Å². The highest BCUT2D eigenvalue weighted by molar-refractivity contribution is 5.80. The van der Waals surface area contributed by atoms with E-state index >= 15 is 0 Å². The number of carbonyl (C=O) groups is 1. The molecule has 1 amide bonds. The smallest absolute Gasteiger partial charge is 0.236 e. The summed E-state index contributed by atoms with van der Waals surface area (Å²) in [6, 6.07) is 8.96. The highest BCUT2D eigenvalue weighted by atomic mass is 16.5. The summed E-state index contributed by atoms with van der Waals surface area (Å²) >= 11 is 0. The van der Waals surface area contributed by atoms with Crippen LogP contribution in [0.2, 0.25) is 0 Å². The van der Waals surface area contributed by atoms with Crippen LogP contribution in [0.4, 0.5) is 0 Å². The second-order valence-corrected chi connectivity index (χ2v) is 4.02. The van der Waals surface area contributed by atoms with Crippen LogP contribution in [0.15, 0.2) is 30.3 Å². The first-order valence-electron chi connectivity index (χ1n) is 5.94. The number of hydrogen-bond donors (Lipinski definition) is 3. The summed E-state index contributed by atoms with van der Waals surface area (Å²) in [6.45, 7) is 2.24. The molecule has 0 saturated heterocycles. The Bertz CT molecular complexity index is 357. The van der Waals surface area contributed by atoms with Crippen LogP contribution in [0.3, 0.4) is 0 Å². The number of amides is 1. The van der Waals surface area contributed by atoms with Gasteiger partial charge in [-0.1, -0.05) is 18.2 Å². The van der Waals surface area contributed by atoms with E-state index in [1.54, 1.807) is 14.0 Å². The van der Waals surface area contributed by atoms with E-state index in [1.165, 1.54) is 0 Å². The van der Waals surface area contributed by atoms with E-state index in [0.29, 0.717) is 6.54 Å². The van der Waals surface area contributed by atoms with Crippen LogP contribution in [-0.2, 0) is 4.79 Å². The summed E-state index contributed by atoms with van der Waals surface area (Å²) in [5, 5.41) is 15.2. The Morgan fingerprint density at radius 1 is 1.39 bits per heavy atom. The zero-order chi connectivity index (χ0) is 13.4. The maximum atomic E-state index is 11.2. The molecule has 2 atom stereocenters. The fourth-order valence-electron chi connectivity index (χ4n) is 1.39. The van der Waals surface area contributed by atoms with Crippen LogP contribution in [0.1, 0.15) is 6.92 Å². The van der Waals surface area contributed by atoms with Gasteiger partial charge < -0.3 is 20.5 Å². The quantitative estimate of drug-likeness (QED) is 0.646. The SMILES string of the molecule is CNC(=O)C(C)NCC(O)COc1ccccc1. The number of rotatable bonds is 7. The molecule has 0 heterocycles. The molecule has 0 aliphatic carbocycles. The molecular weight excluding hydrogens is 232 g/mol. The van der Waals surface area contributed by atoms with Crippen LogP contribution in [-0.4, -0.2) is 43.4 Å². The second kappa shape index (κ2) is 7.68. The molecule has 0 radical (unpaired) electrons. The van der Waals surface area contributed by atoms with Gasteiger partial charge in [0.15, 0.2) is 0 Å². The molecule has 1 aromatic carbocycles. The van der Waals surface area contributed by atoms with E-state index in [4.69, 9.17) is 4.74 Å². The molecular formula is C13H20N2O3. The van der Waals surface area contributed by atoms with Gasteiger partial charge in [0.25, 0.3) is 0 Å². The first-order chi connectivity index (χ1) is 8.63. The lowest BCUT2D eigenvalue weighted by Crippen LogP contribution is -2.44. The minimum atomic E-state index is -0.655. The molecule has 1 rings (SSSR count). The lowest BCUT2D eigenvalue weighted by molar-refractivity contribution is -0.122. The van der Waals surface area contributed by atoms with Crippen molar-refractivity contribution in [1.82, 2.24) is 10.6 Å². The Morgan fingerprint density at radius 3 is 2.67 bits per heavy atom. The van der Waals surface area contributed by atoms with Gasteiger partial charge in [0.05, 0.1) is 6.04 Å². The summed E-state index contributed by atoms with van der Waals surface area (Å²) in [5.74, 6) is 0.613. The molecule has 5 nitrogen and oxygen atoms in total. The zero-order valence-electron chi connectivity index (χ0n) is 10.7. The highest BCUT2D eigenvalue weighted by Crippen LogP contribution is 2.08. The molecule has 0 bridgehead atoms. The molecule has 1 aromatic rings. The van der Waals surface area contributed by atoms with Crippen LogP contribution >= 0.6 is 0 Å². The fourth-order valence-corrected chi connectivity index (χ4v) is 1.39. The lowest BCUT2D eigenvalue weighted by atomic mass is 10.3. The van der Waals surface area contributed by atoms with Crippen LogP contribution < -0.4 is 15.4 Å². The lowest BCUT2D eigenvalue weighted by Gasteiger charge is -2.16. The molecule has 0 aliphatic rings. The average molecular weight is 252 g/mol. The number of para-hydroxylation sites is 1. The average Bonchev–Trinajstić information content (AvgIpc) is 2.42. The van der Waals surface area contributed by atoms with Crippen molar-refractivity contribution >= 4 is 5.91 Å². The molecule has 100 valence electrons. The van der Waals surface area contributed by atoms with Gasteiger partial charge in [-0.2, -0.15) is 0 Å². The van der Waals surface area contributed by atoms with Gasteiger partial charge in [-0.25, -0.2) is 0 Å². The molecule has 2 unspecified atom stereocenters. The van der Waals surface area contributed by atoms with E-state index in [1.807, 2.05) is 30.3 Å². The molecule has 18 heavy (non-hydrogen) atoms. The van der Waals surface area contributed by atoms with Crippen molar-refractivity contribution in [2.45, 2.75) is 19.1 Å². The van der Waals surface area contributed by atoms with Gasteiger partial charge in [-0.05, 0) is 19.1 Å².